The van der Waals surface area contributed by atoms with Crippen molar-refractivity contribution < 1.29 is 4.79 Å². The van der Waals surface area contributed by atoms with Gasteiger partial charge in [-0.2, -0.15) is 0 Å². The van der Waals surface area contributed by atoms with Gasteiger partial charge >= 0.3 is 0 Å². The average Bonchev–Trinajstić information content (AvgIpc) is 3.12. The molecule has 4 heteroatoms. The minimum absolute atomic E-state index is 0.111. The zero-order chi connectivity index (χ0) is 12.8. The molecule has 0 aromatic heterocycles. The van der Waals surface area contributed by atoms with Crippen molar-refractivity contribution in [1.29, 1.82) is 0 Å². The summed E-state index contributed by atoms with van der Waals surface area (Å²) in [6.07, 6.45) is 5.06. The normalized spacial score (nSPS) is 21.1. The van der Waals surface area contributed by atoms with Gasteiger partial charge in [0.15, 0.2) is 0 Å². The topological polar surface area (TPSA) is 20.3 Å². The van der Waals surface area contributed by atoms with Crippen molar-refractivity contribution in [3.05, 3.63) is 33.3 Å². The van der Waals surface area contributed by atoms with Crippen LogP contribution in [0.25, 0.3) is 0 Å². The van der Waals surface area contributed by atoms with Crippen molar-refractivity contribution in [2.45, 2.75) is 25.7 Å². The van der Waals surface area contributed by atoms with Gasteiger partial charge in [0.2, 0.25) is 0 Å². The number of amides is 1. The first-order valence-electron chi connectivity index (χ1n) is 6.34. The molecule has 2 fully saturated rings. The molecule has 1 saturated heterocycles. The summed E-state index contributed by atoms with van der Waals surface area (Å²) in [6.45, 7) is 1.79. The standard InChI is InChI=1S/C14H15BrClNO/c15-11-2-1-10(9-12(11)16)13(18)17-7-5-14(3-4-14)6-8-17/h1-2,9H,3-8H2. The minimum atomic E-state index is 0.111. The molecule has 1 heterocycles. The van der Waals surface area contributed by atoms with Crippen molar-refractivity contribution in [2.75, 3.05) is 13.1 Å². The second kappa shape index (κ2) is 4.53. The molecule has 0 atom stereocenters. The molecule has 1 aliphatic carbocycles. The molecule has 18 heavy (non-hydrogen) atoms. The number of piperidine rings is 1. The highest BCUT2D eigenvalue weighted by Gasteiger charge is 2.45. The van der Waals surface area contributed by atoms with Gasteiger partial charge in [-0.1, -0.05) is 11.6 Å². The van der Waals surface area contributed by atoms with Gasteiger partial charge in [-0.05, 0) is 65.2 Å². The van der Waals surface area contributed by atoms with Crippen molar-refractivity contribution in [3.63, 3.8) is 0 Å². The summed E-state index contributed by atoms with van der Waals surface area (Å²) >= 11 is 9.38. The maximum absolute atomic E-state index is 12.3. The third kappa shape index (κ3) is 2.30. The van der Waals surface area contributed by atoms with Gasteiger partial charge in [-0.3, -0.25) is 4.79 Å². The van der Waals surface area contributed by atoms with E-state index in [2.05, 4.69) is 15.9 Å². The zero-order valence-electron chi connectivity index (χ0n) is 10.1. The Labute approximate surface area is 120 Å². The number of hydrogen-bond donors (Lipinski definition) is 0. The fourth-order valence-corrected chi connectivity index (χ4v) is 3.10. The fourth-order valence-electron chi connectivity index (χ4n) is 2.67. The van der Waals surface area contributed by atoms with E-state index in [1.54, 1.807) is 6.07 Å². The van der Waals surface area contributed by atoms with Crippen LogP contribution in [0.1, 0.15) is 36.0 Å². The monoisotopic (exact) mass is 327 g/mol. The molecular weight excluding hydrogens is 314 g/mol. The first-order chi connectivity index (χ1) is 8.60. The molecule has 1 amide bonds. The van der Waals surface area contributed by atoms with E-state index in [9.17, 15) is 4.79 Å². The van der Waals surface area contributed by atoms with Crippen LogP contribution < -0.4 is 0 Å². The van der Waals surface area contributed by atoms with Crippen molar-refractivity contribution in [1.82, 2.24) is 4.90 Å². The Morgan fingerprint density at radius 1 is 1.22 bits per heavy atom. The van der Waals surface area contributed by atoms with Crippen LogP contribution in [0.4, 0.5) is 0 Å². The van der Waals surface area contributed by atoms with Gasteiger partial charge in [-0.15, -0.1) is 0 Å². The van der Waals surface area contributed by atoms with E-state index in [0.717, 1.165) is 17.6 Å². The molecule has 96 valence electrons. The lowest BCUT2D eigenvalue weighted by Gasteiger charge is -2.32. The third-order valence-electron chi connectivity index (χ3n) is 4.23. The van der Waals surface area contributed by atoms with Gasteiger partial charge in [0.1, 0.15) is 0 Å². The Kier molecular flexibility index (Phi) is 3.15. The van der Waals surface area contributed by atoms with Crippen LogP contribution in [-0.4, -0.2) is 23.9 Å². The number of carbonyl (C=O) groups is 1. The number of rotatable bonds is 1. The molecule has 1 aliphatic heterocycles. The smallest absolute Gasteiger partial charge is 0.253 e. The minimum Gasteiger partial charge on any atom is -0.339 e. The summed E-state index contributed by atoms with van der Waals surface area (Å²) < 4.78 is 0.830. The molecule has 0 radical (unpaired) electrons. The molecule has 1 saturated carbocycles. The molecular formula is C14H15BrClNO. The predicted molar refractivity (Wildman–Crippen MR) is 76.0 cm³/mol. The second-order valence-corrected chi connectivity index (χ2v) is 6.68. The van der Waals surface area contributed by atoms with Crippen molar-refractivity contribution in [3.8, 4) is 0 Å². The third-order valence-corrected chi connectivity index (χ3v) is 5.47. The lowest BCUT2D eigenvalue weighted by molar-refractivity contribution is 0.0678. The molecule has 0 bridgehead atoms. The molecule has 1 spiro atoms. The maximum Gasteiger partial charge on any atom is 0.253 e. The van der Waals surface area contributed by atoms with Gasteiger partial charge in [0.25, 0.3) is 5.91 Å². The van der Waals surface area contributed by atoms with Crippen LogP contribution in [0, 0.1) is 5.41 Å². The molecule has 0 unspecified atom stereocenters. The summed E-state index contributed by atoms with van der Waals surface area (Å²) in [6, 6.07) is 5.41. The number of carbonyl (C=O) groups excluding carboxylic acids is 1. The quantitative estimate of drug-likeness (QED) is 0.759. The number of nitrogens with zero attached hydrogens (tertiary/aromatic N) is 1. The molecule has 3 rings (SSSR count). The number of hydrogen-bond acceptors (Lipinski definition) is 1. The summed E-state index contributed by atoms with van der Waals surface area (Å²) in [5, 5.41) is 0.594. The highest BCUT2D eigenvalue weighted by molar-refractivity contribution is 9.10. The van der Waals surface area contributed by atoms with Crippen LogP contribution in [-0.2, 0) is 0 Å². The van der Waals surface area contributed by atoms with E-state index in [1.165, 1.54) is 25.7 Å². The van der Waals surface area contributed by atoms with Gasteiger partial charge in [-0.25, -0.2) is 0 Å². The average molecular weight is 329 g/mol. The first-order valence-corrected chi connectivity index (χ1v) is 7.51. The van der Waals surface area contributed by atoms with E-state index in [1.807, 2.05) is 17.0 Å². The molecule has 0 N–H and O–H groups in total. The molecule has 2 aliphatic rings. The van der Waals surface area contributed by atoms with E-state index in [4.69, 9.17) is 11.6 Å². The van der Waals surface area contributed by atoms with Gasteiger partial charge in [0, 0.05) is 23.1 Å². The Morgan fingerprint density at radius 2 is 1.89 bits per heavy atom. The van der Waals surface area contributed by atoms with E-state index in [-0.39, 0.29) is 5.91 Å². The summed E-state index contributed by atoms with van der Waals surface area (Å²) in [4.78, 5) is 14.3. The van der Waals surface area contributed by atoms with E-state index >= 15 is 0 Å². The van der Waals surface area contributed by atoms with Crippen LogP contribution in [0.2, 0.25) is 5.02 Å². The SMILES string of the molecule is O=C(c1ccc(Br)c(Cl)c1)N1CCC2(CC1)CC2. The largest absolute Gasteiger partial charge is 0.339 e. The van der Waals surface area contributed by atoms with E-state index in [0.29, 0.717) is 16.0 Å². The van der Waals surface area contributed by atoms with Gasteiger partial charge in [0.05, 0.1) is 5.02 Å². The second-order valence-electron chi connectivity index (χ2n) is 5.42. The maximum atomic E-state index is 12.3. The highest BCUT2D eigenvalue weighted by Crippen LogP contribution is 2.53. The summed E-state index contributed by atoms with van der Waals surface area (Å²) in [5.74, 6) is 0.111. The van der Waals surface area contributed by atoms with Crippen molar-refractivity contribution >= 4 is 33.4 Å². The van der Waals surface area contributed by atoms with Crippen molar-refractivity contribution in [2.24, 2.45) is 5.41 Å². The lowest BCUT2D eigenvalue weighted by Crippen LogP contribution is -2.39. The fraction of sp³-hybridized carbons (Fsp3) is 0.500. The van der Waals surface area contributed by atoms with Crippen LogP contribution in [0.3, 0.4) is 0 Å². The number of likely N-dealkylation sites (tertiary alicyclic amines) is 1. The zero-order valence-corrected chi connectivity index (χ0v) is 12.4. The number of halogens is 2. The van der Waals surface area contributed by atoms with Crippen LogP contribution in [0.5, 0.6) is 0 Å². The number of benzene rings is 1. The van der Waals surface area contributed by atoms with E-state index < -0.39 is 0 Å². The Morgan fingerprint density at radius 3 is 2.44 bits per heavy atom. The molecule has 2 nitrogen and oxygen atoms in total. The summed E-state index contributed by atoms with van der Waals surface area (Å²) in [7, 11) is 0. The Bertz CT molecular complexity index is 489. The highest BCUT2D eigenvalue weighted by atomic mass is 79.9. The summed E-state index contributed by atoms with van der Waals surface area (Å²) in [5.41, 5.74) is 1.30. The van der Waals surface area contributed by atoms with Crippen LogP contribution >= 0.6 is 27.5 Å². The molecule has 1 aromatic rings. The molecule has 1 aromatic carbocycles. The predicted octanol–water partition coefficient (Wildman–Crippen LogP) is 4.12. The lowest BCUT2D eigenvalue weighted by atomic mass is 9.93. The first kappa shape index (κ1) is 12.5. The van der Waals surface area contributed by atoms with Crippen LogP contribution in [0.15, 0.2) is 22.7 Å². The Hall–Kier alpha value is -0.540. The van der Waals surface area contributed by atoms with Gasteiger partial charge < -0.3 is 4.90 Å². The Balaban J connectivity index is 1.72.